The molecule has 1 aromatic heterocycles. The quantitative estimate of drug-likeness (QED) is 0.613. The van der Waals surface area contributed by atoms with Crippen LogP contribution in [-0.2, 0) is 9.57 Å². The summed E-state index contributed by atoms with van der Waals surface area (Å²) in [5, 5.41) is 5.07. The molecule has 2 amide bonds. The Balaban J connectivity index is 1.34. The standard InChI is InChI=1S/C21H22F3N5O4/c22-21(23,24)20-27-17(28-33-20)13-1-3-14(4-2-13)18(30)26-11-16-12-32-10-9-29(16)19(31)15-5-7-25-8-6-15/h1-8,16-17,20,27-28H,9-12H2,(H,26,30). The van der Waals surface area contributed by atoms with Crippen molar-refractivity contribution in [3.05, 3.63) is 65.5 Å². The first-order valence-electron chi connectivity index (χ1n) is 10.2. The Morgan fingerprint density at radius 2 is 1.85 bits per heavy atom. The Labute approximate surface area is 187 Å². The van der Waals surface area contributed by atoms with Crippen LogP contribution in [0.2, 0.25) is 0 Å². The summed E-state index contributed by atoms with van der Waals surface area (Å²) in [7, 11) is 0. The van der Waals surface area contributed by atoms with Gasteiger partial charge in [0, 0.05) is 36.6 Å². The molecule has 0 aliphatic carbocycles. The van der Waals surface area contributed by atoms with Crippen molar-refractivity contribution >= 4 is 11.8 Å². The zero-order chi connectivity index (χ0) is 23.4. The lowest BCUT2D eigenvalue weighted by Crippen LogP contribution is -2.53. The van der Waals surface area contributed by atoms with Gasteiger partial charge in [0.25, 0.3) is 11.8 Å². The molecule has 2 fully saturated rings. The summed E-state index contributed by atoms with van der Waals surface area (Å²) >= 11 is 0. The van der Waals surface area contributed by atoms with Gasteiger partial charge in [0.1, 0.15) is 6.17 Å². The SMILES string of the molecule is O=C(NCC1COCCN1C(=O)c1ccncc1)c1ccc(C2NOC(C(F)(F)F)N2)cc1. The number of ether oxygens (including phenoxy) is 1. The maximum Gasteiger partial charge on any atom is 0.430 e. The molecule has 1 aromatic carbocycles. The molecule has 33 heavy (non-hydrogen) atoms. The van der Waals surface area contributed by atoms with E-state index in [-0.39, 0.29) is 31.0 Å². The molecule has 12 heteroatoms. The molecule has 3 heterocycles. The second-order valence-electron chi connectivity index (χ2n) is 7.55. The van der Waals surface area contributed by atoms with Crippen LogP contribution >= 0.6 is 0 Å². The summed E-state index contributed by atoms with van der Waals surface area (Å²) in [6.07, 6.45) is -4.43. The van der Waals surface area contributed by atoms with Crippen molar-refractivity contribution in [3.8, 4) is 0 Å². The minimum atomic E-state index is -4.54. The highest BCUT2D eigenvalue weighted by Crippen LogP contribution is 2.27. The number of alkyl halides is 3. The van der Waals surface area contributed by atoms with E-state index in [1.54, 1.807) is 29.4 Å². The number of rotatable bonds is 5. The van der Waals surface area contributed by atoms with Crippen LogP contribution in [0.4, 0.5) is 13.2 Å². The predicted molar refractivity (Wildman–Crippen MR) is 109 cm³/mol. The number of aromatic nitrogens is 1. The highest BCUT2D eigenvalue weighted by Gasteiger charge is 2.46. The first-order valence-corrected chi connectivity index (χ1v) is 10.2. The molecule has 2 aliphatic rings. The number of halogens is 3. The first kappa shape index (κ1) is 23.1. The van der Waals surface area contributed by atoms with Gasteiger partial charge in [0.15, 0.2) is 0 Å². The Hall–Kier alpha value is -3.06. The number of benzene rings is 1. The Morgan fingerprint density at radius 3 is 2.52 bits per heavy atom. The molecule has 2 aliphatic heterocycles. The van der Waals surface area contributed by atoms with Crippen LogP contribution < -0.4 is 16.1 Å². The number of nitrogens with zero attached hydrogens (tertiary/aromatic N) is 2. The molecular weight excluding hydrogens is 443 g/mol. The average molecular weight is 465 g/mol. The molecule has 2 saturated heterocycles. The average Bonchev–Trinajstić information content (AvgIpc) is 3.34. The zero-order valence-electron chi connectivity index (χ0n) is 17.3. The third-order valence-corrected chi connectivity index (χ3v) is 5.34. The molecule has 3 atom stereocenters. The van der Waals surface area contributed by atoms with Crippen LogP contribution in [0.3, 0.4) is 0 Å². The molecule has 3 unspecified atom stereocenters. The van der Waals surface area contributed by atoms with Gasteiger partial charge in [-0.1, -0.05) is 12.1 Å². The fourth-order valence-corrected chi connectivity index (χ4v) is 3.57. The Kier molecular flexibility index (Phi) is 6.88. The lowest BCUT2D eigenvalue weighted by atomic mass is 10.1. The van der Waals surface area contributed by atoms with Gasteiger partial charge in [0.2, 0.25) is 6.23 Å². The molecule has 2 aromatic rings. The largest absolute Gasteiger partial charge is 0.430 e. The first-order chi connectivity index (χ1) is 15.8. The Bertz CT molecular complexity index is 974. The maximum atomic E-state index is 12.8. The van der Waals surface area contributed by atoms with E-state index >= 15 is 0 Å². The van der Waals surface area contributed by atoms with Crippen LogP contribution in [-0.4, -0.2) is 66.4 Å². The zero-order valence-corrected chi connectivity index (χ0v) is 17.3. The van der Waals surface area contributed by atoms with Gasteiger partial charge in [-0.15, -0.1) is 0 Å². The molecule has 176 valence electrons. The smallest absolute Gasteiger partial charge is 0.377 e. The summed E-state index contributed by atoms with van der Waals surface area (Å²) in [6.45, 7) is 1.28. The van der Waals surface area contributed by atoms with E-state index in [0.717, 1.165) is 0 Å². The number of morpholine rings is 1. The van der Waals surface area contributed by atoms with Gasteiger partial charge in [-0.25, -0.2) is 0 Å². The van der Waals surface area contributed by atoms with Crippen molar-refractivity contribution in [2.24, 2.45) is 0 Å². The van der Waals surface area contributed by atoms with Gasteiger partial charge < -0.3 is 15.0 Å². The number of carbonyl (C=O) groups is 2. The number of hydrogen-bond acceptors (Lipinski definition) is 7. The van der Waals surface area contributed by atoms with Crippen molar-refractivity contribution in [2.75, 3.05) is 26.3 Å². The van der Waals surface area contributed by atoms with Gasteiger partial charge in [-0.3, -0.25) is 24.7 Å². The molecule has 0 spiro atoms. The Morgan fingerprint density at radius 1 is 1.12 bits per heavy atom. The summed E-state index contributed by atoms with van der Waals surface area (Å²) < 4.78 is 43.6. The van der Waals surface area contributed by atoms with Gasteiger partial charge in [0.05, 0.1) is 19.3 Å². The summed E-state index contributed by atoms with van der Waals surface area (Å²) in [5.41, 5.74) is 3.60. The normalized spacial score (nSPS) is 23.4. The van der Waals surface area contributed by atoms with Gasteiger partial charge >= 0.3 is 6.18 Å². The molecule has 9 nitrogen and oxygen atoms in total. The van der Waals surface area contributed by atoms with E-state index in [1.807, 2.05) is 0 Å². The minimum absolute atomic E-state index is 0.166. The number of hydroxylamine groups is 1. The lowest BCUT2D eigenvalue weighted by molar-refractivity contribution is -0.224. The highest BCUT2D eigenvalue weighted by molar-refractivity contribution is 5.95. The van der Waals surface area contributed by atoms with E-state index in [2.05, 4.69) is 25.9 Å². The molecule has 0 radical (unpaired) electrons. The van der Waals surface area contributed by atoms with Crippen LogP contribution in [0, 0.1) is 0 Å². The third-order valence-electron chi connectivity index (χ3n) is 5.34. The van der Waals surface area contributed by atoms with E-state index in [0.29, 0.717) is 29.8 Å². The topological polar surface area (TPSA) is 105 Å². The molecule has 4 rings (SSSR count). The minimum Gasteiger partial charge on any atom is -0.377 e. The van der Waals surface area contributed by atoms with E-state index < -0.39 is 18.6 Å². The van der Waals surface area contributed by atoms with Crippen LogP contribution in [0.25, 0.3) is 0 Å². The van der Waals surface area contributed by atoms with E-state index in [1.165, 1.54) is 24.3 Å². The van der Waals surface area contributed by atoms with Crippen molar-refractivity contribution < 1.29 is 32.3 Å². The van der Waals surface area contributed by atoms with E-state index in [4.69, 9.17) is 4.74 Å². The summed E-state index contributed by atoms with van der Waals surface area (Å²) in [5.74, 6) is -0.541. The second-order valence-corrected chi connectivity index (χ2v) is 7.55. The van der Waals surface area contributed by atoms with Crippen molar-refractivity contribution in [3.63, 3.8) is 0 Å². The monoisotopic (exact) mass is 465 g/mol. The number of pyridine rings is 1. The molecular formula is C21H22F3N5O4. The van der Waals surface area contributed by atoms with Crippen LogP contribution in [0.1, 0.15) is 32.4 Å². The maximum absolute atomic E-state index is 12.8. The fourth-order valence-electron chi connectivity index (χ4n) is 3.57. The van der Waals surface area contributed by atoms with Crippen molar-refractivity contribution in [1.29, 1.82) is 0 Å². The van der Waals surface area contributed by atoms with Crippen molar-refractivity contribution in [2.45, 2.75) is 24.6 Å². The molecule has 0 bridgehead atoms. The fraction of sp³-hybridized carbons (Fsp3) is 0.381. The van der Waals surface area contributed by atoms with Gasteiger partial charge in [-0.2, -0.15) is 18.7 Å². The summed E-state index contributed by atoms with van der Waals surface area (Å²) in [6, 6.07) is 9.00. The van der Waals surface area contributed by atoms with Crippen LogP contribution in [0.5, 0.6) is 0 Å². The molecule has 3 N–H and O–H groups in total. The third kappa shape index (κ3) is 5.47. The number of nitrogens with one attached hydrogen (secondary N) is 3. The highest BCUT2D eigenvalue weighted by atomic mass is 19.4. The van der Waals surface area contributed by atoms with Crippen LogP contribution in [0.15, 0.2) is 48.8 Å². The number of hydrogen-bond donors (Lipinski definition) is 3. The van der Waals surface area contributed by atoms with Crippen molar-refractivity contribution in [1.82, 2.24) is 26.0 Å². The van der Waals surface area contributed by atoms with Gasteiger partial charge in [-0.05, 0) is 29.8 Å². The number of amides is 2. The molecule has 0 saturated carbocycles. The second kappa shape index (κ2) is 9.83. The number of carbonyl (C=O) groups excluding carboxylic acids is 2. The van der Waals surface area contributed by atoms with E-state index in [9.17, 15) is 22.8 Å². The lowest BCUT2D eigenvalue weighted by Gasteiger charge is -2.35. The summed E-state index contributed by atoms with van der Waals surface area (Å²) in [4.78, 5) is 35.5. The predicted octanol–water partition coefficient (Wildman–Crippen LogP) is 1.36.